The maximum atomic E-state index is 15.2. The quantitative estimate of drug-likeness (QED) is 0.403. The van der Waals surface area contributed by atoms with Gasteiger partial charge in [-0.15, -0.1) is 0 Å². The Bertz CT molecular complexity index is 997. The van der Waals surface area contributed by atoms with Gasteiger partial charge >= 0.3 is 0 Å². The predicted molar refractivity (Wildman–Crippen MR) is 140 cm³/mol. The predicted octanol–water partition coefficient (Wildman–Crippen LogP) is 5.71. The molecule has 0 amide bonds. The van der Waals surface area contributed by atoms with E-state index in [1.807, 2.05) is 6.07 Å². The van der Waals surface area contributed by atoms with E-state index in [1.165, 1.54) is 37.1 Å². The molecule has 0 saturated carbocycles. The number of alkyl halides is 1. The van der Waals surface area contributed by atoms with Gasteiger partial charge in [-0.3, -0.25) is 4.99 Å². The van der Waals surface area contributed by atoms with Crippen molar-refractivity contribution in [1.29, 1.82) is 0 Å². The van der Waals surface area contributed by atoms with Crippen LogP contribution in [0, 0.1) is 11.7 Å². The molecule has 3 heterocycles. The van der Waals surface area contributed by atoms with Crippen LogP contribution in [0.3, 0.4) is 0 Å². The first kappa shape index (κ1) is 24.1. The van der Waals surface area contributed by atoms with Crippen LogP contribution in [0.4, 0.5) is 4.39 Å². The van der Waals surface area contributed by atoms with E-state index in [1.54, 1.807) is 6.07 Å². The Morgan fingerprint density at radius 3 is 2.76 bits per heavy atom. The van der Waals surface area contributed by atoms with Gasteiger partial charge in [-0.25, -0.2) is 4.39 Å². The van der Waals surface area contributed by atoms with Crippen LogP contribution in [-0.4, -0.2) is 65.8 Å². The highest BCUT2D eigenvalue weighted by Crippen LogP contribution is 2.43. The van der Waals surface area contributed by atoms with E-state index in [-0.39, 0.29) is 11.9 Å². The van der Waals surface area contributed by atoms with E-state index in [4.69, 9.17) is 9.73 Å². The minimum atomic E-state index is -0.126. The normalized spacial score (nSPS) is 27.2. The molecule has 3 aliphatic heterocycles. The van der Waals surface area contributed by atoms with Crippen LogP contribution in [0.25, 0.3) is 0 Å². The van der Waals surface area contributed by atoms with Crippen molar-refractivity contribution >= 4 is 21.8 Å². The fraction of sp³-hybridized carbons (Fsp3) is 0.607. The average molecular weight is 531 g/mol. The minimum Gasteiger partial charge on any atom is -0.490 e. The van der Waals surface area contributed by atoms with Crippen LogP contribution in [-0.2, 0) is 11.2 Å². The molecule has 3 unspecified atom stereocenters. The molecule has 0 radical (unpaired) electrons. The van der Waals surface area contributed by atoms with Crippen LogP contribution < -0.4 is 0 Å². The number of ether oxygens (including phenoxy) is 1. The third kappa shape index (κ3) is 4.99. The average Bonchev–Trinajstić information content (AvgIpc) is 3.56. The van der Waals surface area contributed by atoms with Gasteiger partial charge in [0.15, 0.2) is 0 Å². The summed E-state index contributed by atoms with van der Waals surface area (Å²) in [5, 5.41) is 0. The SMILES string of the molecule is CC1OC2=C(CC(Br)C=C2CCc2c(F)cccc2C2=NCCN2CCCN2CCCC2)C1C. The number of allylic oxidation sites excluding steroid dienone is 2. The van der Waals surface area contributed by atoms with Crippen molar-refractivity contribution in [2.75, 3.05) is 39.3 Å². The van der Waals surface area contributed by atoms with E-state index in [0.29, 0.717) is 17.2 Å². The summed E-state index contributed by atoms with van der Waals surface area (Å²) in [7, 11) is 0. The summed E-state index contributed by atoms with van der Waals surface area (Å²) in [6, 6.07) is 5.48. The molecule has 184 valence electrons. The molecule has 6 heteroatoms. The molecular formula is C28H37BrFN3O. The van der Waals surface area contributed by atoms with E-state index < -0.39 is 0 Å². The van der Waals surface area contributed by atoms with Gasteiger partial charge in [0.2, 0.25) is 0 Å². The number of benzene rings is 1. The highest BCUT2D eigenvalue weighted by atomic mass is 79.9. The Balaban J connectivity index is 1.29. The smallest absolute Gasteiger partial charge is 0.131 e. The van der Waals surface area contributed by atoms with Gasteiger partial charge in [0.25, 0.3) is 0 Å². The third-order valence-corrected chi connectivity index (χ3v) is 8.56. The molecular weight excluding hydrogens is 493 g/mol. The minimum absolute atomic E-state index is 0.126. The molecule has 0 spiro atoms. The topological polar surface area (TPSA) is 28.1 Å². The summed E-state index contributed by atoms with van der Waals surface area (Å²) in [5.41, 5.74) is 4.37. The number of hydrogen-bond acceptors (Lipinski definition) is 4. The lowest BCUT2D eigenvalue weighted by molar-refractivity contribution is 0.138. The molecule has 4 nitrogen and oxygen atoms in total. The standard InChI is InChI=1S/C28H37BrFN3O/c1-19-20(2)34-27-21(17-22(29)18-25(19)27)9-10-23-24(7-5-8-26(23)30)28-31-11-16-33(28)15-6-14-32-12-3-4-13-32/h5,7-8,17,19-20,22H,3-4,6,9-16,18H2,1-2H3. The monoisotopic (exact) mass is 529 g/mol. The van der Waals surface area contributed by atoms with Gasteiger partial charge in [-0.05, 0) is 87.9 Å². The molecule has 1 fully saturated rings. The number of aliphatic imine (C=N–C) groups is 1. The largest absolute Gasteiger partial charge is 0.490 e. The van der Waals surface area contributed by atoms with Crippen molar-refractivity contribution in [3.8, 4) is 0 Å². The highest BCUT2D eigenvalue weighted by molar-refractivity contribution is 9.09. The Hall–Kier alpha value is -1.66. The van der Waals surface area contributed by atoms with Crippen molar-refractivity contribution in [1.82, 2.24) is 9.80 Å². The van der Waals surface area contributed by atoms with Crippen LogP contribution >= 0.6 is 15.9 Å². The first-order valence-corrected chi connectivity index (χ1v) is 14.0. The molecule has 3 atom stereocenters. The maximum Gasteiger partial charge on any atom is 0.131 e. The molecule has 0 bridgehead atoms. The van der Waals surface area contributed by atoms with Crippen molar-refractivity contribution in [2.45, 2.75) is 63.3 Å². The molecule has 1 aliphatic carbocycles. The summed E-state index contributed by atoms with van der Waals surface area (Å²) < 4.78 is 21.4. The van der Waals surface area contributed by atoms with Gasteiger partial charge in [-0.1, -0.05) is 41.1 Å². The second kappa shape index (κ2) is 10.5. The van der Waals surface area contributed by atoms with Crippen molar-refractivity contribution < 1.29 is 9.13 Å². The zero-order chi connectivity index (χ0) is 23.7. The molecule has 1 saturated heterocycles. The summed E-state index contributed by atoms with van der Waals surface area (Å²) in [5.74, 6) is 2.35. The lowest BCUT2D eigenvalue weighted by Crippen LogP contribution is -2.32. The number of likely N-dealkylation sites (tertiary alicyclic amines) is 1. The van der Waals surface area contributed by atoms with Crippen molar-refractivity contribution in [2.24, 2.45) is 10.9 Å². The first-order valence-electron chi connectivity index (χ1n) is 13.1. The second-order valence-corrected chi connectivity index (χ2v) is 11.4. The molecule has 0 aromatic heterocycles. The number of hydrogen-bond donors (Lipinski definition) is 0. The van der Waals surface area contributed by atoms with Crippen LogP contribution in [0.5, 0.6) is 0 Å². The number of halogens is 2. The lowest BCUT2D eigenvalue weighted by atomic mass is 9.87. The zero-order valence-corrected chi connectivity index (χ0v) is 22.1. The van der Waals surface area contributed by atoms with Gasteiger partial charge < -0.3 is 14.5 Å². The lowest BCUT2D eigenvalue weighted by Gasteiger charge is -2.24. The number of rotatable bonds is 8. The number of amidine groups is 1. The zero-order valence-electron chi connectivity index (χ0n) is 20.5. The van der Waals surface area contributed by atoms with E-state index in [9.17, 15) is 0 Å². The number of nitrogens with zero attached hydrogens (tertiary/aromatic N) is 3. The van der Waals surface area contributed by atoms with Gasteiger partial charge in [0.05, 0.1) is 6.54 Å². The Morgan fingerprint density at radius 2 is 1.94 bits per heavy atom. The second-order valence-electron chi connectivity index (χ2n) is 10.2. The Kier molecular flexibility index (Phi) is 7.45. The fourth-order valence-corrected chi connectivity index (χ4v) is 6.57. The van der Waals surface area contributed by atoms with Crippen molar-refractivity contribution in [3.63, 3.8) is 0 Å². The summed E-state index contributed by atoms with van der Waals surface area (Å²) in [4.78, 5) is 10.1. The highest BCUT2D eigenvalue weighted by Gasteiger charge is 2.35. The Morgan fingerprint density at radius 1 is 1.12 bits per heavy atom. The molecule has 4 aliphatic rings. The van der Waals surface area contributed by atoms with Crippen LogP contribution in [0.1, 0.15) is 57.1 Å². The molecule has 34 heavy (non-hydrogen) atoms. The van der Waals surface area contributed by atoms with E-state index in [0.717, 1.165) is 68.2 Å². The molecule has 5 rings (SSSR count). The fourth-order valence-electron chi connectivity index (χ4n) is 5.90. The van der Waals surface area contributed by atoms with Crippen molar-refractivity contribution in [3.05, 3.63) is 58.1 Å². The third-order valence-electron chi connectivity index (χ3n) is 7.97. The van der Waals surface area contributed by atoms with E-state index in [2.05, 4.69) is 51.7 Å². The summed E-state index contributed by atoms with van der Waals surface area (Å²) >= 11 is 3.81. The van der Waals surface area contributed by atoms with E-state index >= 15 is 4.39 Å². The Labute approximate surface area is 212 Å². The maximum absolute atomic E-state index is 15.2. The molecule has 1 aromatic carbocycles. The van der Waals surface area contributed by atoms with Crippen LogP contribution in [0.15, 0.2) is 46.2 Å². The van der Waals surface area contributed by atoms with Gasteiger partial charge in [0.1, 0.15) is 23.5 Å². The molecule has 0 N–H and O–H groups in total. The van der Waals surface area contributed by atoms with Gasteiger partial charge in [0, 0.05) is 29.4 Å². The first-order chi connectivity index (χ1) is 16.5. The molecule has 1 aromatic rings. The van der Waals surface area contributed by atoms with Crippen LogP contribution in [0.2, 0.25) is 0 Å². The summed E-state index contributed by atoms with van der Waals surface area (Å²) in [6.07, 6.45) is 8.69. The summed E-state index contributed by atoms with van der Waals surface area (Å²) in [6.45, 7) is 10.7. The van der Waals surface area contributed by atoms with Gasteiger partial charge in [-0.2, -0.15) is 0 Å².